The van der Waals surface area contributed by atoms with Crippen LogP contribution in [0.5, 0.6) is 0 Å². The highest BCUT2D eigenvalue weighted by Crippen LogP contribution is 2.21. The normalized spacial score (nSPS) is 27.2. The molecule has 16 heavy (non-hydrogen) atoms. The number of hydrogen-bond acceptors (Lipinski definition) is 3. The van der Waals surface area contributed by atoms with Crippen molar-refractivity contribution in [3.63, 3.8) is 0 Å². The van der Waals surface area contributed by atoms with Gasteiger partial charge in [0.25, 0.3) is 0 Å². The molecule has 1 N–H and O–H groups in total. The third-order valence-electron chi connectivity index (χ3n) is 3.60. The van der Waals surface area contributed by atoms with Gasteiger partial charge in [-0.2, -0.15) is 0 Å². The molecule has 90 valence electrons. The van der Waals surface area contributed by atoms with Crippen molar-refractivity contribution in [2.24, 2.45) is 13.0 Å². The van der Waals surface area contributed by atoms with Gasteiger partial charge in [0, 0.05) is 32.9 Å². The molecule has 0 spiro atoms. The van der Waals surface area contributed by atoms with Gasteiger partial charge < -0.3 is 9.67 Å². The van der Waals surface area contributed by atoms with E-state index >= 15 is 0 Å². The van der Waals surface area contributed by atoms with Gasteiger partial charge in [0.15, 0.2) is 0 Å². The van der Waals surface area contributed by atoms with E-state index in [1.165, 1.54) is 5.69 Å². The summed E-state index contributed by atoms with van der Waals surface area (Å²) in [4.78, 5) is 6.54. The Balaban J connectivity index is 1.94. The van der Waals surface area contributed by atoms with Crippen molar-refractivity contribution in [3.8, 4) is 0 Å². The zero-order valence-electron chi connectivity index (χ0n) is 10.1. The Morgan fingerprint density at radius 1 is 1.56 bits per heavy atom. The standard InChI is InChI=1S/C12H21N3O/c1-3-10-7-15(5-4-12(10)16)8-11-6-13-9-14(11)2/h6,9-10,12,16H,3-5,7-8H2,1-2H3. The van der Waals surface area contributed by atoms with E-state index in [9.17, 15) is 5.11 Å². The van der Waals surface area contributed by atoms with Crippen LogP contribution in [0, 0.1) is 5.92 Å². The highest BCUT2D eigenvalue weighted by Gasteiger charge is 2.26. The fraction of sp³-hybridized carbons (Fsp3) is 0.750. The van der Waals surface area contributed by atoms with Crippen molar-refractivity contribution in [3.05, 3.63) is 18.2 Å². The fourth-order valence-corrected chi connectivity index (χ4v) is 2.41. The second kappa shape index (κ2) is 4.97. The number of aliphatic hydroxyl groups excluding tert-OH is 1. The van der Waals surface area contributed by atoms with Crippen LogP contribution in [-0.2, 0) is 13.6 Å². The summed E-state index contributed by atoms with van der Waals surface area (Å²) in [6, 6.07) is 0. The van der Waals surface area contributed by atoms with Crippen LogP contribution < -0.4 is 0 Å². The summed E-state index contributed by atoms with van der Waals surface area (Å²) in [5, 5.41) is 9.82. The maximum Gasteiger partial charge on any atom is 0.0945 e. The van der Waals surface area contributed by atoms with Gasteiger partial charge in [-0.05, 0) is 18.8 Å². The molecule has 1 aromatic rings. The van der Waals surface area contributed by atoms with Gasteiger partial charge in [-0.15, -0.1) is 0 Å². The molecule has 2 atom stereocenters. The summed E-state index contributed by atoms with van der Waals surface area (Å²) in [5.74, 6) is 0.432. The molecule has 2 unspecified atom stereocenters. The molecule has 0 radical (unpaired) electrons. The minimum atomic E-state index is -0.104. The summed E-state index contributed by atoms with van der Waals surface area (Å²) in [5.41, 5.74) is 1.24. The number of rotatable bonds is 3. The third kappa shape index (κ3) is 2.44. The second-order valence-electron chi connectivity index (χ2n) is 4.76. The topological polar surface area (TPSA) is 41.3 Å². The molecule has 2 rings (SSSR count). The number of piperidine rings is 1. The quantitative estimate of drug-likeness (QED) is 0.831. The molecule has 0 amide bonds. The van der Waals surface area contributed by atoms with Gasteiger partial charge in [0.1, 0.15) is 0 Å². The minimum Gasteiger partial charge on any atom is -0.393 e. The van der Waals surface area contributed by atoms with E-state index in [2.05, 4.69) is 21.4 Å². The highest BCUT2D eigenvalue weighted by atomic mass is 16.3. The number of aryl methyl sites for hydroxylation is 1. The van der Waals surface area contributed by atoms with E-state index in [0.29, 0.717) is 5.92 Å². The monoisotopic (exact) mass is 223 g/mol. The first kappa shape index (κ1) is 11.6. The van der Waals surface area contributed by atoms with Gasteiger partial charge >= 0.3 is 0 Å². The summed E-state index contributed by atoms with van der Waals surface area (Å²) in [6.07, 6.45) is 5.62. The average molecular weight is 223 g/mol. The first-order valence-corrected chi connectivity index (χ1v) is 6.06. The molecule has 4 heteroatoms. The molecular weight excluding hydrogens is 202 g/mol. The van der Waals surface area contributed by atoms with E-state index in [1.54, 1.807) is 0 Å². The van der Waals surface area contributed by atoms with E-state index < -0.39 is 0 Å². The lowest BCUT2D eigenvalue weighted by Gasteiger charge is -2.35. The number of aliphatic hydroxyl groups is 1. The molecule has 2 heterocycles. The van der Waals surface area contributed by atoms with E-state index in [1.807, 2.05) is 19.6 Å². The predicted molar refractivity (Wildman–Crippen MR) is 62.9 cm³/mol. The Bertz CT molecular complexity index is 337. The second-order valence-corrected chi connectivity index (χ2v) is 4.76. The van der Waals surface area contributed by atoms with Gasteiger partial charge in [0.2, 0.25) is 0 Å². The minimum absolute atomic E-state index is 0.104. The zero-order valence-corrected chi connectivity index (χ0v) is 10.1. The van der Waals surface area contributed by atoms with Crippen LogP contribution in [0.1, 0.15) is 25.5 Å². The van der Waals surface area contributed by atoms with Gasteiger partial charge in [-0.25, -0.2) is 4.98 Å². The predicted octanol–water partition coefficient (Wildman–Crippen LogP) is 1.01. The Hall–Kier alpha value is -0.870. The van der Waals surface area contributed by atoms with Crippen molar-refractivity contribution in [2.45, 2.75) is 32.4 Å². The Labute approximate surface area is 96.9 Å². The number of nitrogens with zero attached hydrogens (tertiary/aromatic N) is 3. The van der Waals surface area contributed by atoms with Crippen LogP contribution in [-0.4, -0.2) is 38.8 Å². The van der Waals surface area contributed by atoms with E-state index in [0.717, 1.165) is 32.5 Å². The van der Waals surface area contributed by atoms with Crippen molar-refractivity contribution >= 4 is 0 Å². The Morgan fingerprint density at radius 3 is 3.00 bits per heavy atom. The van der Waals surface area contributed by atoms with Crippen molar-refractivity contribution in [2.75, 3.05) is 13.1 Å². The summed E-state index contributed by atoms with van der Waals surface area (Å²) in [6.45, 7) is 5.09. The molecular formula is C12H21N3O. The number of hydrogen-bond donors (Lipinski definition) is 1. The maximum absolute atomic E-state index is 9.82. The van der Waals surface area contributed by atoms with Crippen LogP contribution in [0.25, 0.3) is 0 Å². The lowest BCUT2D eigenvalue weighted by Crippen LogP contribution is -2.42. The van der Waals surface area contributed by atoms with Crippen molar-refractivity contribution in [1.82, 2.24) is 14.5 Å². The van der Waals surface area contributed by atoms with Crippen molar-refractivity contribution in [1.29, 1.82) is 0 Å². The Morgan fingerprint density at radius 2 is 2.38 bits per heavy atom. The molecule has 0 saturated carbocycles. The van der Waals surface area contributed by atoms with Crippen LogP contribution in [0.3, 0.4) is 0 Å². The van der Waals surface area contributed by atoms with Crippen LogP contribution in [0.2, 0.25) is 0 Å². The largest absolute Gasteiger partial charge is 0.393 e. The summed E-state index contributed by atoms with van der Waals surface area (Å²) >= 11 is 0. The lowest BCUT2D eigenvalue weighted by atomic mass is 9.92. The number of likely N-dealkylation sites (tertiary alicyclic amines) is 1. The van der Waals surface area contributed by atoms with Gasteiger partial charge in [0.05, 0.1) is 18.1 Å². The molecule has 0 aromatic carbocycles. The molecule has 1 saturated heterocycles. The number of aromatic nitrogens is 2. The van der Waals surface area contributed by atoms with E-state index in [-0.39, 0.29) is 6.10 Å². The molecule has 1 aliphatic heterocycles. The average Bonchev–Trinajstić information content (AvgIpc) is 2.67. The van der Waals surface area contributed by atoms with Gasteiger partial charge in [-0.3, -0.25) is 4.90 Å². The summed E-state index contributed by atoms with van der Waals surface area (Å²) < 4.78 is 2.06. The van der Waals surface area contributed by atoms with Gasteiger partial charge in [-0.1, -0.05) is 6.92 Å². The zero-order chi connectivity index (χ0) is 11.5. The molecule has 4 nitrogen and oxygen atoms in total. The SMILES string of the molecule is CCC1CN(Cc2cncn2C)CCC1O. The van der Waals surface area contributed by atoms with Crippen LogP contribution in [0.4, 0.5) is 0 Å². The molecule has 0 aliphatic carbocycles. The summed E-state index contributed by atoms with van der Waals surface area (Å²) in [7, 11) is 2.03. The third-order valence-corrected chi connectivity index (χ3v) is 3.60. The smallest absolute Gasteiger partial charge is 0.0945 e. The molecule has 0 bridgehead atoms. The molecule has 1 aliphatic rings. The highest BCUT2D eigenvalue weighted by molar-refractivity contribution is 4.98. The van der Waals surface area contributed by atoms with E-state index in [4.69, 9.17) is 0 Å². The number of imidazole rings is 1. The Kier molecular flexibility index (Phi) is 3.61. The molecule has 1 aromatic heterocycles. The molecule has 1 fully saturated rings. The van der Waals surface area contributed by atoms with Crippen LogP contribution >= 0.6 is 0 Å². The lowest BCUT2D eigenvalue weighted by molar-refractivity contribution is 0.0215. The van der Waals surface area contributed by atoms with Crippen LogP contribution in [0.15, 0.2) is 12.5 Å². The first-order valence-electron chi connectivity index (χ1n) is 6.06. The fourth-order valence-electron chi connectivity index (χ4n) is 2.41. The maximum atomic E-state index is 9.82. The first-order chi connectivity index (χ1) is 7.70. The van der Waals surface area contributed by atoms with Crippen molar-refractivity contribution < 1.29 is 5.11 Å².